The van der Waals surface area contributed by atoms with Gasteiger partial charge in [-0.15, -0.1) is 0 Å². The first kappa shape index (κ1) is 27.1. The molecule has 1 saturated heterocycles. The Morgan fingerprint density at radius 3 is 2.48 bits per heavy atom. The molecule has 206 valence electrons. The summed E-state index contributed by atoms with van der Waals surface area (Å²) in [6.07, 6.45) is 3.34. The zero-order valence-corrected chi connectivity index (χ0v) is 22.4. The first-order chi connectivity index (χ1) is 19.3. The summed E-state index contributed by atoms with van der Waals surface area (Å²) in [4.78, 5) is 30.5. The van der Waals surface area contributed by atoms with Crippen molar-refractivity contribution in [3.63, 3.8) is 0 Å². The van der Waals surface area contributed by atoms with Crippen LogP contribution >= 0.6 is 0 Å². The van der Waals surface area contributed by atoms with Gasteiger partial charge in [0.05, 0.1) is 23.3 Å². The first-order valence-electron chi connectivity index (χ1n) is 12.7. The summed E-state index contributed by atoms with van der Waals surface area (Å²) in [7, 11) is -3.75. The Bertz CT molecular complexity index is 1610. The minimum atomic E-state index is -3.75. The van der Waals surface area contributed by atoms with Crippen molar-refractivity contribution in [2.24, 2.45) is 5.73 Å². The van der Waals surface area contributed by atoms with Crippen LogP contribution in [0.15, 0.2) is 94.7 Å². The lowest BCUT2D eigenvalue weighted by Crippen LogP contribution is -2.50. The fourth-order valence-corrected chi connectivity index (χ4v) is 6.03. The number of para-hydroxylation sites is 1. The van der Waals surface area contributed by atoms with Gasteiger partial charge in [-0.25, -0.2) is 13.4 Å². The van der Waals surface area contributed by atoms with Gasteiger partial charge < -0.3 is 19.8 Å². The van der Waals surface area contributed by atoms with Gasteiger partial charge >= 0.3 is 0 Å². The second-order valence-corrected chi connectivity index (χ2v) is 11.2. The van der Waals surface area contributed by atoms with E-state index in [1.807, 2.05) is 18.2 Å². The number of nitrogens with zero attached hydrogens (tertiary/aromatic N) is 3. The maximum Gasteiger partial charge on any atom is 0.253 e. The standard InChI is InChI=1S/C29H28N4O6S/c30-28(34)25-9-1-2-10-26(25)38-16-11-21-5-3-7-23(17-21)29(35)32-12-14-33(15-13-32)40(36,37)24-8-4-6-22(18-24)27-19-31-20-39-27/h1-10,17-20H,11-16H2,(H2,30,34). The van der Waals surface area contributed by atoms with Crippen LogP contribution in [0.25, 0.3) is 11.3 Å². The Morgan fingerprint density at radius 1 is 0.950 bits per heavy atom. The number of primary amides is 1. The smallest absolute Gasteiger partial charge is 0.253 e. The highest BCUT2D eigenvalue weighted by Gasteiger charge is 2.31. The van der Waals surface area contributed by atoms with E-state index in [2.05, 4.69) is 4.98 Å². The molecule has 1 aliphatic heterocycles. The molecule has 0 bridgehead atoms. The number of rotatable bonds is 9. The minimum Gasteiger partial charge on any atom is -0.492 e. The van der Waals surface area contributed by atoms with Gasteiger partial charge in [-0.1, -0.05) is 36.4 Å². The first-order valence-corrected chi connectivity index (χ1v) is 14.2. The number of sulfonamides is 1. The van der Waals surface area contributed by atoms with E-state index in [1.165, 1.54) is 16.9 Å². The summed E-state index contributed by atoms with van der Waals surface area (Å²) in [5, 5.41) is 0. The van der Waals surface area contributed by atoms with Crippen LogP contribution in [0.2, 0.25) is 0 Å². The lowest BCUT2D eigenvalue weighted by molar-refractivity contribution is 0.0697. The Hall–Kier alpha value is -4.48. The molecule has 40 heavy (non-hydrogen) atoms. The van der Waals surface area contributed by atoms with Crippen LogP contribution in [0, 0.1) is 0 Å². The van der Waals surface area contributed by atoms with E-state index in [0.717, 1.165) is 5.56 Å². The summed E-state index contributed by atoms with van der Waals surface area (Å²) in [5.74, 6) is 0.179. The fraction of sp³-hybridized carbons (Fsp3) is 0.207. The number of hydrogen-bond acceptors (Lipinski definition) is 7. The van der Waals surface area contributed by atoms with Crippen molar-refractivity contribution >= 4 is 21.8 Å². The minimum absolute atomic E-state index is 0.161. The number of nitrogens with two attached hydrogens (primary N) is 1. The normalized spacial score (nSPS) is 14.2. The molecule has 1 aromatic heterocycles. The van der Waals surface area contributed by atoms with Crippen molar-refractivity contribution in [2.75, 3.05) is 32.8 Å². The van der Waals surface area contributed by atoms with Crippen LogP contribution in [0.1, 0.15) is 26.3 Å². The Kier molecular flexibility index (Phi) is 7.94. The summed E-state index contributed by atoms with van der Waals surface area (Å²) in [6.45, 7) is 1.23. The number of carbonyl (C=O) groups is 2. The largest absolute Gasteiger partial charge is 0.492 e. The van der Waals surface area contributed by atoms with Gasteiger partial charge in [0.15, 0.2) is 12.2 Å². The molecule has 0 saturated carbocycles. The molecule has 2 amide bonds. The van der Waals surface area contributed by atoms with E-state index in [9.17, 15) is 18.0 Å². The van der Waals surface area contributed by atoms with E-state index in [4.69, 9.17) is 14.9 Å². The molecular formula is C29H28N4O6S. The van der Waals surface area contributed by atoms with Crippen molar-refractivity contribution in [3.05, 3.63) is 102 Å². The number of benzene rings is 3. The molecule has 1 fully saturated rings. The Balaban J connectivity index is 1.19. The highest BCUT2D eigenvalue weighted by Crippen LogP contribution is 2.25. The van der Waals surface area contributed by atoms with Gasteiger partial charge in [-0.2, -0.15) is 4.31 Å². The van der Waals surface area contributed by atoms with Gasteiger partial charge in [0, 0.05) is 43.7 Å². The van der Waals surface area contributed by atoms with Crippen molar-refractivity contribution in [2.45, 2.75) is 11.3 Å². The average molecular weight is 561 g/mol. The van der Waals surface area contributed by atoms with Gasteiger partial charge in [-0.3, -0.25) is 9.59 Å². The molecule has 0 atom stereocenters. The maximum atomic E-state index is 13.3. The van der Waals surface area contributed by atoms with Crippen LogP contribution in [-0.4, -0.2) is 67.2 Å². The summed E-state index contributed by atoms with van der Waals surface area (Å²) >= 11 is 0. The van der Waals surface area contributed by atoms with Crippen LogP contribution in [-0.2, 0) is 16.4 Å². The van der Waals surface area contributed by atoms with Gasteiger partial charge in [0.1, 0.15) is 5.75 Å². The molecule has 3 aromatic carbocycles. The molecule has 1 aliphatic rings. The highest BCUT2D eigenvalue weighted by atomic mass is 32.2. The van der Waals surface area contributed by atoms with E-state index in [-0.39, 0.29) is 37.0 Å². The molecule has 0 radical (unpaired) electrons. The summed E-state index contributed by atoms with van der Waals surface area (Å²) < 4.78 is 39.0. The third-order valence-corrected chi connectivity index (χ3v) is 8.58. The van der Waals surface area contributed by atoms with Crippen molar-refractivity contribution in [3.8, 4) is 17.1 Å². The molecular weight excluding hydrogens is 532 g/mol. The number of amides is 2. The van der Waals surface area contributed by atoms with E-state index >= 15 is 0 Å². The average Bonchev–Trinajstić information content (AvgIpc) is 3.53. The molecule has 2 N–H and O–H groups in total. The van der Waals surface area contributed by atoms with Gasteiger partial charge in [0.2, 0.25) is 10.0 Å². The third-order valence-electron chi connectivity index (χ3n) is 6.69. The Labute approximate surface area is 232 Å². The topological polar surface area (TPSA) is 136 Å². The van der Waals surface area contributed by atoms with Gasteiger partial charge in [0.25, 0.3) is 11.8 Å². The monoisotopic (exact) mass is 560 g/mol. The molecule has 0 spiro atoms. The van der Waals surface area contributed by atoms with Crippen LogP contribution in [0.4, 0.5) is 0 Å². The van der Waals surface area contributed by atoms with E-state index < -0.39 is 15.9 Å². The zero-order chi connectivity index (χ0) is 28.1. The second kappa shape index (κ2) is 11.7. The molecule has 11 heteroatoms. The molecule has 0 unspecified atom stereocenters. The highest BCUT2D eigenvalue weighted by molar-refractivity contribution is 7.89. The maximum absolute atomic E-state index is 13.3. The SMILES string of the molecule is NC(=O)c1ccccc1OCCc1cccc(C(=O)N2CCN(S(=O)(=O)c3cccc(-c4cnco4)c3)CC2)c1. The predicted octanol–water partition coefficient (Wildman–Crippen LogP) is 3.21. The van der Waals surface area contributed by atoms with Crippen LogP contribution in [0.5, 0.6) is 5.75 Å². The molecule has 2 heterocycles. The van der Waals surface area contributed by atoms with Crippen molar-refractivity contribution < 1.29 is 27.2 Å². The number of oxazole rings is 1. The van der Waals surface area contributed by atoms with Crippen molar-refractivity contribution in [1.29, 1.82) is 0 Å². The summed E-state index contributed by atoms with van der Waals surface area (Å²) in [6, 6.07) is 20.6. The van der Waals surface area contributed by atoms with Crippen LogP contribution in [0.3, 0.4) is 0 Å². The van der Waals surface area contributed by atoms with E-state index in [0.29, 0.717) is 41.2 Å². The fourth-order valence-electron chi connectivity index (χ4n) is 4.57. The zero-order valence-electron chi connectivity index (χ0n) is 21.6. The number of ether oxygens (including phenoxy) is 1. The lowest BCUT2D eigenvalue weighted by Gasteiger charge is -2.34. The summed E-state index contributed by atoms with van der Waals surface area (Å²) in [5.41, 5.74) is 7.76. The molecule has 4 aromatic rings. The number of hydrogen-bond donors (Lipinski definition) is 1. The van der Waals surface area contributed by atoms with Crippen LogP contribution < -0.4 is 10.5 Å². The molecule has 5 rings (SSSR count). The molecule has 10 nitrogen and oxygen atoms in total. The Morgan fingerprint density at radius 2 is 1.73 bits per heavy atom. The number of carbonyl (C=O) groups excluding carboxylic acids is 2. The van der Waals surface area contributed by atoms with Gasteiger partial charge in [-0.05, 0) is 42.0 Å². The third kappa shape index (κ3) is 5.90. The number of aromatic nitrogens is 1. The lowest BCUT2D eigenvalue weighted by atomic mass is 10.1. The second-order valence-electron chi connectivity index (χ2n) is 9.25. The predicted molar refractivity (Wildman–Crippen MR) is 147 cm³/mol. The number of piperazine rings is 1. The quantitative estimate of drug-likeness (QED) is 0.332. The van der Waals surface area contributed by atoms with Crippen molar-refractivity contribution in [1.82, 2.24) is 14.2 Å². The van der Waals surface area contributed by atoms with E-state index in [1.54, 1.807) is 59.5 Å². The molecule has 0 aliphatic carbocycles.